The number of rotatable bonds is 6. The van der Waals surface area contributed by atoms with E-state index in [0.717, 1.165) is 10.0 Å². The van der Waals surface area contributed by atoms with Crippen LogP contribution in [0.4, 0.5) is 0 Å². The van der Waals surface area contributed by atoms with Crippen LogP contribution in [0.25, 0.3) is 0 Å². The first-order chi connectivity index (χ1) is 8.63. The van der Waals surface area contributed by atoms with Crippen molar-refractivity contribution >= 4 is 21.9 Å². The molecule has 5 nitrogen and oxygen atoms in total. The molecular formula is C12H15BrO5. The summed E-state index contributed by atoms with van der Waals surface area (Å²) >= 11 is 3.38. The van der Waals surface area contributed by atoms with Crippen molar-refractivity contribution in [2.45, 2.75) is 6.61 Å². The second kappa shape index (κ2) is 7.35. The molecule has 0 aliphatic rings. The molecule has 0 amide bonds. The van der Waals surface area contributed by atoms with Gasteiger partial charge >= 0.3 is 5.97 Å². The molecule has 18 heavy (non-hydrogen) atoms. The summed E-state index contributed by atoms with van der Waals surface area (Å²) in [5.41, 5.74) is 1.22. The fourth-order valence-electron chi connectivity index (χ4n) is 1.38. The van der Waals surface area contributed by atoms with Gasteiger partial charge in [0.05, 0.1) is 20.8 Å². The Morgan fingerprint density at radius 2 is 2.00 bits per heavy atom. The lowest BCUT2D eigenvalue weighted by atomic mass is 10.1. The SMILES string of the molecule is COCOCc1cc(OC)c(C(=O)OC)cc1Br. The highest BCUT2D eigenvalue weighted by Crippen LogP contribution is 2.28. The molecule has 0 unspecified atom stereocenters. The van der Waals surface area contributed by atoms with Crippen molar-refractivity contribution in [2.75, 3.05) is 28.1 Å². The number of methoxy groups -OCH3 is 3. The molecule has 1 aromatic rings. The molecule has 0 saturated heterocycles. The van der Waals surface area contributed by atoms with Gasteiger partial charge in [-0.15, -0.1) is 0 Å². The summed E-state index contributed by atoms with van der Waals surface area (Å²) in [6.07, 6.45) is 0. The predicted octanol–water partition coefficient (Wildman–Crippen LogP) is 2.36. The predicted molar refractivity (Wildman–Crippen MR) is 68.7 cm³/mol. The fraction of sp³-hybridized carbons (Fsp3) is 0.417. The van der Waals surface area contributed by atoms with Crippen LogP contribution in [0.1, 0.15) is 15.9 Å². The maximum absolute atomic E-state index is 11.5. The Labute approximate surface area is 114 Å². The zero-order valence-electron chi connectivity index (χ0n) is 10.5. The quantitative estimate of drug-likeness (QED) is 0.458. The maximum Gasteiger partial charge on any atom is 0.341 e. The minimum atomic E-state index is -0.447. The van der Waals surface area contributed by atoms with Gasteiger partial charge in [-0.25, -0.2) is 4.79 Å². The highest BCUT2D eigenvalue weighted by atomic mass is 79.9. The first-order valence-electron chi connectivity index (χ1n) is 5.15. The number of hydrogen-bond donors (Lipinski definition) is 0. The summed E-state index contributed by atoms with van der Waals surface area (Å²) in [7, 11) is 4.37. The van der Waals surface area contributed by atoms with Crippen LogP contribution in [0.15, 0.2) is 16.6 Å². The summed E-state index contributed by atoms with van der Waals surface area (Å²) in [4.78, 5) is 11.5. The summed E-state index contributed by atoms with van der Waals surface area (Å²) < 4.78 is 20.6. The normalized spacial score (nSPS) is 10.2. The van der Waals surface area contributed by atoms with Gasteiger partial charge in [-0.05, 0) is 17.7 Å². The zero-order chi connectivity index (χ0) is 13.5. The lowest BCUT2D eigenvalue weighted by Crippen LogP contribution is -2.06. The highest BCUT2D eigenvalue weighted by Gasteiger charge is 2.16. The van der Waals surface area contributed by atoms with Crippen molar-refractivity contribution in [1.82, 2.24) is 0 Å². The van der Waals surface area contributed by atoms with Crippen LogP contribution in [0.2, 0.25) is 0 Å². The Kier molecular flexibility index (Phi) is 6.11. The monoisotopic (exact) mass is 318 g/mol. The van der Waals surface area contributed by atoms with Gasteiger partial charge in [0.1, 0.15) is 18.1 Å². The lowest BCUT2D eigenvalue weighted by molar-refractivity contribution is -0.0392. The van der Waals surface area contributed by atoms with Crippen molar-refractivity contribution in [3.8, 4) is 5.75 Å². The molecule has 0 bridgehead atoms. The lowest BCUT2D eigenvalue weighted by Gasteiger charge is -2.11. The van der Waals surface area contributed by atoms with Gasteiger partial charge in [-0.1, -0.05) is 15.9 Å². The van der Waals surface area contributed by atoms with Crippen LogP contribution in [0.3, 0.4) is 0 Å². The Hall–Kier alpha value is -1.11. The van der Waals surface area contributed by atoms with E-state index in [0.29, 0.717) is 17.9 Å². The Morgan fingerprint density at radius 1 is 1.28 bits per heavy atom. The summed E-state index contributed by atoms with van der Waals surface area (Å²) in [5.74, 6) is -0.00187. The van der Waals surface area contributed by atoms with Crippen LogP contribution in [0, 0.1) is 0 Å². The molecule has 0 aromatic heterocycles. The van der Waals surface area contributed by atoms with E-state index < -0.39 is 5.97 Å². The van der Waals surface area contributed by atoms with E-state index in [-0.39, 0.29) is 6.79 Å². The smallest absolute Gasteiger partial charge is 0.341 e. The molecule has 0 saturated carbocycles. The molecule has 6 heteroatoms. The third-order valence-corrected chi connectivity index (χ3v) is 2.97. The number of ether oxygens (including phenoxy) is 4. The van der Waals surface area contributed by atoms with Gasteiger partial charge in [0.2, 0.25) is 0 Å². The molecule has 0 aliphatic carbocycles. The van der Waals surface area contributed by atoms with Gasteiger partial charge in [0, 0.05) is 11.6 Å². The molecule has 0 radical (unpaired) electrons. The van der Waals surface area contributed by atoms with Crippen LogP contribution in [0.5, 0.6) is 5.75 Å². The molecule has 0 N–H and O–H groups in total. The Bertz CT molecular complexity index is 419. The van der Waals surface area contributed by atoms with Crippen LogP contribution in [-0.4, -0.2) is 34.1 Å². The molecule has 0 atom stereocenters. The van der Waals surface area contributed by atoms with Crippen molar-refractivity contribution in [3.63, 3.8) is 0 Å². The van der Waals surface area contributed by atoms with E-state index >= 15 is 0 Å². The fourth-order valence-corrected chi connectivity index (χ4v) is 1.84. The maximum atomic E-state index is 11.5. The first kappa shape index (κ1) is 14.9. The second-order valence-corrected chi connectivity index (χ2v) is 4.24. The minimum Gasteiger partial charge on any atom is -0.496 e. The van der Waals surface area contributed by atoms with Crippen molar-refractivity contribution < 1.29 is 23.7 Å². The average Bonchev–Trinajstić information content (AvgIpc) is 2.39. The molecule has 1 aromatic carbocycles. The molecule has 0 fully saturated rings. The van der Waals surface area contributed by atoms with Crippen molar-refractivity contribution in [3.05, 3.63) is 27.7 Å². The van der Waals surface area contributed by atoms with E-state index in [9.17, 15) is 4.79 Å². The third kappa shape index (κ3) is 3.69. The van der Waals surface area contributed by atoms with E-state index in [2.05, 4.69) is 20.7 Å². The van der Waals surface area contributed by atoms with Gasteiger partial charge in [0.15, 0.2) is 0 Å². The summed E-state index contributed by atoms with van der Waals surface area (Å²) in [6.45, 7) is 0.555. The number of hydrogen-bond acceptors (Lipinski definition) is 5. The second-order valence-electron chi connectivity index (χ2n) is 3.39. The van der Waals surface area contributed by atoms with Gasteiger partial charge in [-0.3, -0.25) is 0 Å². The Morgan fingerprint density at radius 3 is 2.56 bits per heavy atom. The topological polar surface area (TPSA) is 54.0 Å². The average molecular weight is 319 g/mol. The summed E-state index contributed by atoms with van der Waals surface area (Å²) in [5, 5.41) is 0. The molecule has 0 aliphatic heterocycles. The Balaban J connectivity index is 2.98. The molecular weight excluding hydrogens is 304 g/mol. The third-order valence-electron chi connectivity index (χ3n) is 2.23. The van der Waals surface area contributed by atoms with Gasteiger partial charge in [-0.2, -0.15) is 0 Å². The minimum absolute atomic E-state index is 0.202. The van der Waals surface area contributed by atoms with Crippen LogP contribution in [-0.2, 0) is 20.8 Å². The van der Waals surface area contributed by atoms with E-state index in [1.54, 1.807) is 19.2 Å². The summed E-state index contributed by atoms with van der Waals surface area (Å²) in [6, 6.07) is 3.38. The number of esters is 1. The van der Waals surface area contributed by atoms with E-state index in [4.69, 9.17) is 14.2 Å². The van der Waals surface area contributed by atoms with E-state index in [1.165, 1.54) is 14.2 Å². The standard InChI is InChI=1S/C12H15BrO5/c1-15-7-18-6-8-4-11(16-2)9(5-10(8)13)12(14)17-3/h4-5H,6-7H2,1-3H3. The molecule has 1 rings (SSSR count). The van der Waals surface area contributed by atoms with Crippen LogP contribution >= 0.6 is 15.9 Å². The molecule has 100 valence electrons. The number of halogens is 1. The van der Waals surface area contributed by atoms with Gasteiger partial charge in [0.25, 0.3) is 0 Å². The zero-order valence-corrected chi connectivity index (χ0v) is 12.1. The number of benzene rings is 1. The molecule has 0 heterocycles. The number of carbonyl (C=O) groups is 1. The molecule has 0 spiro atoms. The van der Waals surface area contributed by atoms with Gasteiger partial charge < -0.3 is 18.9 Å². The van der Waals surface area contributed by atoms with Crippen molar-refractivity contribution in [2.24, 2.45) is 0 Å². The van der Waals surface area contributed by atoms with Crippen LogP contribution < -0.4 is 4.74 Å². The number of carbonyl (C=O) groups excluding carboxylic acids is 1. The van der Waals surface area contributed by atoms with E-state index in [1.807, 2.05) is 0 Å². The largest absolute Gasteiger partial charge is 0.496 e. The first-order valence-corrected chi connectivity index (χ1v) is 5.94. The highest BCUT2D eigenvalue weighted by molar-refractivity contribution is 9.10. The van der Waals surface area contributed by atoms with Crippen molar-refractivity contribution in [1.29, 1.82) is 0 Å².